The zero-order chi connectivity index (χ0) is 20.8. The minimum Gasteiger partial charge on any atom is -0.367 e. The van der Waals surface area contributed by atoms with Gasteiger partial charge in [-0.05, 0) is 24.3 Å². The molecule has 0 saturated carbocycles. The van der Waals surface area contributed by atoms with Crippen molar-refractivity contribution < 1.29 is 30.0 Å². The SMILES string of the molecule is O=S(=O)(NCCNc1cnccn1)c1ccc(S(=O)(=O)NCC(F)(F)F)cc1. The molecule has 0 bridgehead atoms. The number of nitrogens with zero attached hydrogens (tertiary/aromatic N) is 2. The summed E-state index contributed by atoms with van der Waals surface area (Å²) in [6.45, 7) is -1.51. The summed E-state index contributed by atoms with van der Waals surface area (Å²) in [4.78, 5) is 7.06. The quantitative estimate of drug-likeness (QED) is 0.491. The third-order valence-corrected chi connectivity index (χ3v) is 6.09. The average molecular weight is 439 g/mol. The molecule has 2 rings (SSSR count). The van der Waals surface area contributed by atoms with Crippen LogP contribution in [0.25, 0.3) is 0 Å². The second-order valence-corrected chi connectivity index (χ2v) is 8.86. The fourth-order valence-corrected chi connectivity index (χ4v) is 3.95. The van der Waals surface area contributed by atoms with Crippen molar-refractivity contribution in [3.8, 4) is 0 Å². The monoisotopic (exact) mass is 439 g/mol. The van der Waals surface area contributed by atoms with Crippen molar-refractivity contribution in [2.24, 2.45) is 0 Å². The largest absolute Gasteiger partial charge is 0.402 e. The van der Waals surface area contributed by atoms with E-state index in [2.05, 4.69) is 20.0 Å². The van der Waals surface area contributed by atoms with Gasteiger partial charge in [0.25, 0.3) is 0 Å². The van der Waals surface area contributed by atoms with Crippen molar-refractivity contribution in [1.29, 1.82) is 0 Å². The van der Waals surface area contributed by atoms with E-state index in [0.717, 1.165) is 24.3 Å². The van der Waals surface area contributed by atoms with Crippen LogP contribution in [0.5, 0.6) is 0 Å². The summed E-state index contributed by atoms with van der Waals surface area (Å²) in [5.41, 5.74) is 0. The fraction of sp³-hybridized carbons (Fsp3) is 0.286. The van der Waals surface area contributed by atoms with Gasteiger partial charge < -0.3 is 5.32 Å². The molecule has 0 saturated heterocycles. The first-order valence-corrected chi connectivity index (χ1v) is 10.6. The number of anilines is 1. The van der Waals surface area contributed by atoms with Crippen molar-refractivity contribution in [3.05, 3.63) is 42.9 Å². The summed E-state index contributed by atoms with van der Waals surface area (Å²) in [7, 11) is -8.35. The summed E-state index contributed by atoms with van der Waals surface area (Å²) in [6.07, 6.45) is -0.303. The lowest BCUT2D eigenvalue weighted by atomic mass is 10.4. The third-order valence-electron chi connectivity index (χ3n) is 3.19. The Hall–Kier alpha value is -2.29. The molecule has 9 nitrogen and oxygen atoms in total. The predicted octanol–water partition coefficient (Wildman–Crippen LogP) is 0.708. The van der Waals surface area contributed by atoms with Gasteiger partial charge in [0.2, 0.25) is 20.0 Å². The van der Waals surface area contributed by atoms with Crippen LogP contribution in [-0.2, 0) is 20.0 Å². The standard InChI is InChI=1S/C14H16F3N5O4S2/c15-14(16,17)10-22-28(25,26)12-3-1-11(2-4-12)27(23,24)21-8-7-20-13-9-18-5-6-19-13/h1-6,9,21-22H,7-8,10H2,(H,19,20). The van der Waals surface area contributed by atoms with Crippen LogP contribution in [0, 0.1) is 0 Å². The number of benzene rings is 1. The zero-order valence-corrected chi connectivity index (χ0v) is 15.8. The predicted molar refractivity (Wildman–Crippen MR) is 93.4 cm³/mol. The number of hydrogen-bond acceptors (Lipinski definition) is 7. The average Bonchev–Trinajstić information content (AvgIpc) is 2.64. The minimum atomic E-state index is -4.71. The lowest BCUT2D eigenvalue weighted by Gasteiger charge is -2.11. The van der Waals surface area contributed by atoms with Gasteiger partial charge in [0.15, 0.2) is 0 Å². The molecule has 0 unspecified atom stereocenters. The van der Waals surface area contributed by atoms with Crippen molar-refractivity contribution in [3.63, 3.8) is 0 Å². The van der Waals surface area contributed by atoms with Crippen LogP contribution in [0.1, 0.15) is 0 Å². The van der Waals surface area contributed by atoms with Gasteiger partial charge in [-0.25, -0.2) is 31.3 Å². The van der Waals surface area contributed by atoms with E-state index in [-0.39, 0.29) is 18.0 Å². The second-order valence-electron chi connectivity index (χ2n) is 5.33. The first-order chi connectivity index (χ1) is 13.0. The Kier molecular flexibility index (Phi) is 6.92. The molecule has 3 N–H and O–H groups in total. The van der Waals surface area contributed by atoms with E-state index in [4.69, 9.17) is 0 Å². The minimum absolute atomic E-state index is 0.00605. The molecule has 0 aliphatic carbocycles. The molecule has 1 aromatic carbocycles. The molecule has 1 aromatic heterocycles. The van der Waals surface area contributed by atoms with Crippen LogP contribution in [-0.4, -0.2) is 52.6 Å². The third kappa shape index (κ3) is 6.70. The van der Waals surface area contributed by atoms with Crippen LogP contribution in [0.3, 0.4) is 0 Å². The van der Waals surface area contributed by atoms with E-state index < -0.39 is 37.7 Å². The molecule has 1 heterocycles. The van der Waals surface area contributed by atoms with E-state index >= 15 is 0 Å². The lowest BCUT2D eigenvalue weighted by Crippen LogP contribution is -2.33. The Bertz CT molecular complexity index is 982. The molecule has 0 aliphatic rings. The van der Waals surface area contributed by atoms with Gasteiger partial charge in [0.05, 0.1) is 16.0 Å². The number of hydrogen-bond donors (Lipinski definition) is 3. The van der Waals surface area contributed by atoms with Gasteiger partial charge >= 0.3 is 6.18 Å². The Morgan fingerprint density at radius 2 is 1.43 bits per heavy atom. The van der Waals surface area contributed by atoms with Crippen LogP contribution in [0.2, 0.25) is 0 Å². The molecule has 0 spiro atoms. The highest BCUT2D eigenvalue weighted by molar-refractivity contribution is 7.90. The highest BCUT2D eigenvalue weighted by atomic mass is 32.2. The summed E-state index contributed by atoms with van der Waals surface area (Å²) in [5.74, 6) is 0.461. The van der Waals surface area contributed by atoms with Gasteiger partial charge in [0.1, 0.15) is 12.4 Å². The Morgan fingerprint density at radius 1 is 0.857 bits per heavy atom. The molecule has 0 amide bonds. The van der Waals surface area contributed by atoms with Crippen molar-refractivity contribution >= 4 is 25.9 Å². The maximum absolute atomic E-state index is 12.2. The van der Waals surface area contributed by atoms with Crippen molar-refractivity contribution in [2.75, 3.05) is 25.0 Å². The van der Waals surface area contributed by atoms with E-state index in [1.807, 2.05) is 0 Å². The number of halogens is 3. The first-order valence-electron chi connectivity index (χ1n) is 7.66. The molecular weight excluding hydrogens is 423 g/mol. The number of aromatic nitrogens is 2. The van der Waals surface area contributed by atoms with E-state index in [1.165, 1.54) is 23.3 Å². The second kappa shape index (κ2) is 8.81. The number of alkyl halides is 3. The van der Waals surface area contributed by atoms with E-state index in [9.17, 15) is 30.0 Å². The summed E-state index contributed by atoms with van der Waals surface area (Å²) in [6, 6.07) is 3.79. The van der Waals surface area contributed by atoms with Crippen LogP contribution in [0.4, 0.5) is 19.0 Å². The maximum Gasteiger partial charge on any atom is 0.402 e. The maximum atomic E-state index is 12.2. The number of nitrogens with one attached hydrogen (secondary N) is 3. The van der Waals surface area contributed by atoms with Gasteiger partial charge in [-0.2, -0.15) is 13.2 Å². The van der Waals surface area contributed by atoms with E-state index in [0.29, 0.717) is 5.82 Å². The lowest BCUT2D eigenvalue weighted by molar-refractivity contribution is -0.121. The molecular formula is C14H16F3N5O4S2. The molecule has 14 heteroatoms. The van der Waals surface area contributed by atoms with Gasteiger partial charge in [-0.15, -0.1) is 0 Å². The Balaban J connectivity index is 1.95. The van der Waals surface area contributed by atoms with Crippen LogP contribution >= 0.6 is 0 Å². The highest BCUT2D eigenvalue weighted by Gasteiger charge is 2.30. The molecule has 28 heavy (non-hydrogen) atoms. The van der Waals surface area contributed by atoms with Gasteiger partial charge in [0, 0.05) is 25.5 Å². The molecule has 154 valence electrons. The van der Waals surface area contributed by atoms with Gasteiger partial charge in [-0.3, -0.25) is 4.98 Å². The molecule has 0 radical (unpaired) electrons. The normalized spacial score (nSPS) is 12.7. The van der Waals surface area contributed by atoms with E-state index in [1.54, 1.807) is 0 Å². The summed E-state index contributed by atoms with van der Waals surface area (Å²) in [5, 5.41) is 2.84. The van der Waals surface area contributed by atoms with Crippen LogP contribution in [0.15, 0.2) is 52.6 Å². The summed E-state index contributed by atoms with van der Waals surface area (Å²) >= 11 is 0. The molecule has 0 atom stereocenters. The van der Waals surface area contributed by atoms with Crippen molar-refractivity contribution in [1.82, 2.24) is 19.4 Å². The zero-order valence-electron chi connectivity index (χ0n) is 14.1. The molecule has 0 fully saturated rings. The number of sulfonamides is 2. The number of rotatable bonds is 9. The fourth-order valence-electron chi connectivity index (χ4n) is 1.91. The smallest absolute Gasteiger partial charge is 0.367 e. The van der Waals surface area contributed by atoms with Gasteiger partial charge in [-0.1, -0.05) is 0 Å². The Morgan fingerprint density at radius 3 is 1.93 bits per heavy atom. The molecule has 0 aliphatic heterocycles. The molecule has 2 aromatic rings. The Labute approximate surface area is 159 Å². The van der Waals surface area contributed by atoms with Crippen LogP contribution < -0.4 is 14.8 Å². The first kappa shape index (κ1) is 22.0. The highest BCUT2D eigenvalue weighted by Crippen LogP contribution is 2.17. The van der Waals surface area contributed by atoms with Crippen molar-refractivity contribution in [2.45, 2.75) is 16.0 Å². The topological polar surface area (TPSA) is 130 Å². The summed E-state index contributed by atoms with van der Waals surface area (Å²) < 4.78 is 88.1.